The summed E-state index contributed by atoms with van der Waals surface area (Å²) >= 11 is 0. The Kier molecular flexibility index (Phi) is 4.63. The molecular weight excluding hydrogens is 166 g/mol. The lowest BCUT2D eigenvalue weighted by Gasteiger charge is -1.95. The lowest BCUT2D eigenvalue weighted by Crippen LogP contribution is -2.16. The summed E-state index contributed by atoms with van der Waals surface area (Å²) in [5.74, 6) is 0. The molecule has 0 radical (unpaired) electrons. The Balaban J connectivity index is 0.000000187. The third kappa shape index (κ3) is 13.0. The fourth-order valence-corrected chi connectivity index (χ4v) is 0.859. The van der Waals surface area contributed by atoms with Gasteiger partial charge in [-0.3, -0.25) is 4.55 Å². The largest absolute Gasteiger partial charge is 0.314 e. The lowest BCUT2D eigenvalue weighted by molar-refractivity contribution is 0.490. The molecule has 5 heteroatoms. The Morgan fingerprint density at radius 1 is 1.55 bits per heavy atom. The summed E-state index contributed by atoms with van der Waals surface area (Å²) in [7, 11) is -3.67. The molecule has 0 saturated carbocycles. The molecule has 1 aliphatic heterocycles. The third-order valence-electron chi connectivity index (χ3n) is 1.31. The normalized spacial score (nSPS) is 24.1. The monoisotopic (exact) mass is 181 g/mol. The van der Waals surface area contributed by atoms with Gasteiger partial charge in [0, 0.05) is 6.04 Å². The van der Waals surface area contributed by atoms with Crippen LogP contribution < -0.4 is 5.32 Å². The van der Waals surface area contributed by atoms with Gasteiger partial charge in [0.2, 0.25) is 0 Å². The maximum atomic E-state index is 9.19. The van der Waals surface area contributed by atoms with Crippen molar-refractivity contribution in [1.82, 2.24) is 5.32 Å². The second-order valence-electron chi connectivity index (χ2n) is 2.73. The van der Waals surface area contributed by atoms with Crippen molar-refractivity contribution in [3.63, 3.8) is 0 Å². The second-order valence-corrected chi connectivity index (χ2v) is 4.20. The highest BCUT2D eigenvalue weighted by Crippen LogP contribution is 2.01. The van der Waals surface area contributed by atoms with E-state index in [-0.39, 0.29) is 0 Å². The maximum Gasteiger partial charge on any atom is 0.261 e. The number of hydrogen-bond acceptors (Lipinski definition) is 3. The lowest BCUT2D eigenvalue weighted by atomic mass is 10.3. The molecule has 1 atom stereocenters. The predicted octanol–water partition coefficient (Wildman–Crippen LogP) is 0.262. The van der Waals surface area contributed by atoms with E-state index in [1.54, 1.807) is 0 Å². The number of hydrogen-bond donors (Lipinski definition) is 2. The average Bonchev–Trinajstić information content (AvgIpc) is 2.12. The van der Waals surface area contributed by atoms with Gasteiger partial charge in [-0.15, -0.1) is 0 Å². The molecule has 0 aromatic carbocycles. The first-order valence-electron chi connectivity index (χ1n) is 3.55. The maximum absolute atomic E-state index is 9.19. The summed E-state index contributed by atoms with van der Waals surface area (Å²) in [6, 6.07) is 0.796. The van der Waals surface area contributed by atoms with Gasteiger partial charge in [0.25, 0.3) is 10.1 Å². The van der Waals surface area contributed by atoms with Crippen LogP contribution in [0.2, 0.25) is 0 Å². The van der Waals surface area contributed by atoms with Crippen molar-refractivity contribution in [2.24, 2.45) is 0 Å². The van der Waals surface area contributed by atoms with Crippen LogP contribution in [0.4, 0.5) is 0 Å². The average molecular weight is 181 g/mol. The van der Waals surface area contributed by atoms with Crippen LogP contribution in [-0.2, 0) is 10.1 Å². The molecular formula is C6H15NO3S. The number of rotatable bonds is 0. The summed E-state index contributed by atoms with van der Waals surface area (Å²) in [5, 5.41) is 3.32. The van der Waals surface area contributed by atoms with E-state index in [1.807, 2.05) is 0 Å². The van der Waals surface area contributed by atoms with Gasteiger partial charge in [-0.05, 0) is 26.3 Å². The van der Waals surface area contributed by atoms with Crippen LogP contribution in [0.15, 0.2) is 0 Å². The molecule has 1 heterocycles. The molecule has 2 N–H and O–H groups in total. The van der Waals surface area contributed by atoms with E-state index in [4.69, 9.17) is 4.55 Å². The first-order chi connectivity index (χ1) is 4.89. The van der Waals surface area contributed by atoms with Crippen LogP contribution in [0.25, 0.3) is 0 Å². The molecule has 0 aromatic heterocycles. The standard InChI is InChI=1S/C5H11N.CH4O3S/c1-5-3-2-4-6-5;1-5(2,3)4/h5-6H,2-4H2,1H3;1H3,(H,2,3,4). The van der Waals surface area contributed by atoms with E-state index in [2.05, 4.69) is 12.2 Å². The molecule has 0 aromatic rings. The molecule has 0 amide bonds. The molecule has 1 rings (SSSR count). The van der Waals surface area contributed by atoms with Gasteiger partial charge in [-0.25, -0.2) is 0 Å². The molecule has 1 fully saturated rings. The van der Waals surface area contributed by atoms with Crippen LogP contribution in [0.1, 0.15) is 19.8 Å². The zero-order chi connectivity index (χ0) is 8.91. The highest BCUT2D eigenvalue weighted by molar-refractivity contribution is 7.85. The van der Waals surface area contributed by atoms with E-state index in [1.165, 1.54) is 19.4 Å². The van der Waals surface area contributed by atoms with Crippen molar-refractivity contribution < 1.29 is 13.0 Å². The quantitative estimate of drug-likeness (QED) is 0.526. The summed E-state index contributed by atoms with van der Waals surface area (Å²) in [6.07, 6.45) is 3.47. The van der Waals surface area contributed by atoms with Gasteiger partial charge in [-0.1, -0.05) is 0 Å². The Bertz CT molecular complexity index is 174. The van der Waals surface area contributed by atoms with Gasteiger partial charge in [0.05, 0.1) is 6.26 Å². The van der Waals surface area contributed by atoms with Crippen molar-refractivity contribution in [1.29, 1.82) is 0 Å². The molecule has 0 bridgehead atoms. The highest BCUT2D eigenvalue weighted by atomic mass is 32.2. The van der Waals surface area contributed by atoms with E-state index >= 15 is 0 Å². The van der Waals surface area contributed by atoms with Crippen LogP contribution >= 0.6 is 0 Å². The SMILES string of the molecule is CC1CCCN1.CS(=O)(=O)O. The number of nitrogens with one attached hydrogen (secondary N) is 1. The molecule has 68 valence electrons. The van der Waals surface area contributed by atoms with Gasteiger partial charge >= 0.3 is 0 Å². The van der Waals surface area contributed by atoms with Crippen LogP contribution in [0.3, 0.4) is 0 Å². The van der Waals surface area contributed by atoms with Gasteiger partial charge in [-0.2, -0.15) is 8.42 Å². The summed E-state index contributed by atoms with van der Waals surface area (Å²) in [6.45, 7) is 3.47. The van der Waals surface area contributed by atoms with Crippen molar-refractivity contribution in [2.75, 3.05) is 12.8 Å². The van der Waals surface area contributed by atoms with Gasteiger partial charge < -0.3 is 5.32 Å². The van der Waals surface area contributed by atoms with Crippen LogP contribution in [0, 0.1) is 0 Å². The zero-order valence-corrected chi connectivity index (χ0v) is 7.69. The van der Waals surface area contributed by atoms with Crippen molar-refractivity contribution in [3.8, 4) is 0 Å². The Morgan fingerprint density at radius 2 is 2.00 bits per heavy atom. The van der Waals surface area contributed by atoms with Crippen LogP contribution in [-0.4, -0.2) is 31.8 Å². The van der Waals surface area contributed by atoms with Crippen molar-refractivity contribution in [2.45, 2.75) is 25.8 Å². The van der Waals surface area contributed by atoms with E-state index < -0.39 is 10.1 Å². The molecule has 0 spiro atoms. The molecule has 0 aliphatic carbocycles. The third-order valence-corrected chi connectivity index (χ3v) is 1.31. The molecule has 4 nitrogen and oxygen atoms in total. The predicted molar refractivity (Wildman–Crippen MR) is 44.2 cm³/mol. The smallest absolute Gasteiger partial charge is 0.261 e. The minimum Gasteiger partial charge on any atom is -0.314 e. The van der Waals surface area contributed by atoms with Crippen molar-refractivity contribution >= 4 is 10.1 Å². The summed E-state index contributed by atoms with van der Waals surface area (Å²) < 4.78 is 25.9. The molecule has 1 aliphatic rings. The Hall–Kier alpha value is -0.130. The van der Waals surface area contributed by atoms with E-state index in [0.29, 0.717) is 6.26 Å². The topological polar surface area (TPSA) is 66.4 Å². The molecule has 1 saturated heterocycles. The van der Waals surface area contributed by atoms with Gasteiger partial charge in [0.1, 0.15) is 0 Å². The minimum absolute atomic E-state index is 0.715. The minimum atomic E-state index is -3.67. The van der Waals surface area contributed by atoms with Gasteiger partial charge in [0.15, 0.2) is 0 Å². The molecule has 11 heavy (non-hydrogen) atoms. The molecule has 1 unspecified atom stereocenters. The van der Waals surface area contributed by atoms with E-state index in [0.717, 1.165) is 6.04 Å². The zero-order valence-electron chi connectivity index (χ0n) is 6.87. The summed E-state index contributed by atoms with van der Waals surface area (Å²) in [4.78, 5) is 0. The Labute approximate surface area is 67.7 Å². The summed E-state index contributed by atoms with van der Waals surface area (Å²) in [5.41, 5.74) is 0. The van der Waals surface area contributed by atoms with Crippen LogP contribution in [0.5, 0.6) is 0 Å². The fraction of sp³-hybridized carbons (Fsp3) is 1.00. The second kappa shape index (κ2) is 4.69. The first-order valence-corrected chi connectivity index (χ1v) is 5.40. The van der Waals surface area contributed by atoms with Crippen molar-refractivity contribution in [3.05, 3.63) is 0 Å². The highest BCUT2D eigenvalue weighted by Gasteiger charge is 2.05. The van der Waals surface area contributed by atoms with E-state index in [9.17, 15) is 8.42 Å². The Morgan fingerprint density at radius 3 is 2.09 bits per heavy atom. The first kappa shape index (κ1) is 10.9. The fourth-order valence-electron chi connectivity index (χ4n) is 0.859.